The number of carbonyl (C=O) groups is 1. The number of halogens is 2. The van der Waals surface area contributed by atoms with Gasteiger partial charge in [-0.3, -0.25) is 4.79 Å². The van der Waals surface area contributed by atoms with E-state index in [0.717, 1.165) is 6.42 Å². The Morgan fingerprint density at radius 1 is 1.53 bits per heavy atom. The predicted octanol–water partition coefficient (Wildman–Crippen LogP) is 3.58. The lowest BCUT2D eigenvalue weighted by Crippen LogP contribution is -2.40. The summed E-state index contributed by atoms with van der Waals surface area (Å²) < 4.78 is 13.5. The zero-order valence-electron chi connectivity index (χ0n) is 9.59. The second-order valence-electron chi connectivity index (χ2n) is 4.81. The van der Waals surface area contributed by atoms with Crippen molar-refractivity contribution in [2.24, 2.45) is 5.41 Å². The Morgan fingerprint density at radius 3 is 2.65 bits per heavy atom. The SMILES string of the molecule is Cc1cc(Cl)c(CC2(C(=O)O)CCC2)cc1F. The Morgan fingerprint density at radius 2 is 2.18 bits per heavy atom. The average molecular weight is 257 g/mol. The molecule has 0 bridgehead atoms. The van der Waals surface area contributed by atoms with Crippen molar-refractivity contribution in [1.82, 2.24) is 0 Å². The van der Waals surface area contributed by atoms with E-state index in [1.165, 1.54) is 6.07 Å². The molecule has 2 nitrogen and oxygen atoms in total. The van der Waals surface area contributed by atoms with Gasteiger partial charge in [-0.05, 0) is 49.4 Å². The highest BCUT2D eigenvalue weighted by Gasteiger charge is 2.44. The van der Waals surface area contributed by atoms with Crippen LogP contribution < -0.4 is 0 Å². The monoisotopic (exact) mass is 256 g/mol. The van der Waals surface area contributed by atoms with E-state index < -0.39 is 11.4 Å². The minimum Gasteiger partial charge on any atom is -0.481 e. The van der Waals surface area contributed by atoms with Crippen molar-refractivity contribution < 1.29 is 14.3 Å². The summed E-state index contributed by atoms with van der Waals surface area (Å²) in [6.07, 6.45) is 2.53. The highest BCUT2D eigenvalue weighted by atomic mass is 35.5. The van der Waals surface area contributed by atoms with Crippen LogP contribution >= 0.6 is 11.6 Å². The van der Waals surface area contributed by atoms with Crippen LogP contribution in [0.5, 0.6) is 0 Å². The molecule has 1 saturated carbocycles. The van der Waals surface area contributed by atoms with Gasteiger partial charge in [0.15, 0.2) is 0 Å². The molecule has 0 unspecified atom stereocenters. The zero-order chi connectivity index (χ0) is 12.6. The summed E-state index contributed by atoms with van der Waals surface area (Å²) in [7, 11) is 0. The minimum absolute atomic E-state index is 0.318. The molecular formula is C13H14ClFO2. The molecule has 1 aromatic carbocycles. The Bertz CT molecular complexity index is 467. The van der Waals surface area contributed by atoms with Crippen molar-refractivity contribution in [2.75, 3.05) is 0 Å². The van der Waals surface area contributed by atoms with Crippen LogP contribution in [-0.2, 0) is 11.2 Å². The van der Waals surface area contributed by atoms with Gasteiger partial charge in [0.05, 0.1) is 5.41 Å². The lowest BCUT2D eigenvalue weighted by atomic mass is 9.65. The zero-order valence-corrected chi connectivity index (χ0v) is 10.4. The van der Waals surface area contributed by atoms with E-state index in [1.807, 2.05) is 0 Å². The van der Waals surface area contributed by atoms with Crippen molar-refractivity contribution in [3.8, 4) is 0 Å². The number of hydrogen-bond acceptors (Lipinski definition) is 1. The summed E-state index contributed by atoms with van der Waals surface area (Å²) in [5.74, 6) is -1.13. The summed E-state index contributed by atoms with van der Waals surface area (Å²) in [5.41, 5.74) is 0.347. The Hall–Kier alpha value is -1.09. The molecule has 2 rings (SSSR count). The maximum absolute atomic E-state index is 13.5. The van der Waals surface area contributed by atoms with Crippen LogP contribution in [0.2, 0.25) is 5.02 Å². The molecule has 0 aliphatic heterocycles. The van der Waals surface area contributed by atoms with Gasteiger partial charge in [0.2, 0.25) is 0 Å². The predicted molar refractivity (Wildman–Crippen MR) is 63.8 cm³/mol. The number of aryl methyl sites for hydroxylation is 1. The molecule has 0 aromatic heterocycles. The smallest absolute Gasteiger partial charge is 0.309 e. The van der Waals surface area contributed by atoms with Crippen molar-refractivity contribution in [3.05, 3.63) is 34.1 Å². The topological polar surface area (TPSA) is 37.3 Å². The fourth-order valence-electron chi connectivity index (χ4n) is 2.26. The van der Waals surface area contributed by atoms with Gasteiger partial charge in [-0.15, -0.1) is 0 Å². The summed E-state index contributed by atoms with van der Waals surface area (Å²) >= 11 is 6.03. The third-order valence-electron chi connectivity index (χ3n) is 3.62. The molecule has 1 N–H and O–H groups in total. The second kappa shape index (κ2) is 4.30. The minimum atomic E-state index is -0.805. The number of hydrogen-bond donors (Lipinski definition) is 1. The van der Waals surface area contributed by atoms with Crippen LogP contribution in [0.25, 0.3) is 0 Å². The molecule has 1 aliphatic rings. The van der Waals surface area contributed by atoms with Crippen molar-refractivity contribution in [3.63, 3.8) is 0 Å². The van der Waals surface area contributed by atoms with Crippen LogP contribution in [-0.4, -0.2) is 11.1 Å². The van der Waals surface area contributed by atoms with Crippen LogP contribution in [0, 0.1) is 18.2 Å². The molecule has 4 heteroatoms. The lowest BCUT2D eigenvalue weighted by Gasteiger charge is -2.38. The highest BCUT2D eigenvalue weighted by Crippen LogP contribution is 2.45. The van der Waals surface area contributed by atoms with Gasteiger partial charge in [-0.2, -0.15) is 0 Å². The number of benzene rings is 1. The van der Waals surface area contributed by atoms with Gasteiger partial charge in [0.1, 0.15) is 5.82 Å². The van der Waals surface area contributed by atoms with Crippen molar-refractivity contribution in [2.45, 2.75) is 32.6 Å². The Balaban J connectivity index is 2.30. The molecule has 0 amide bonds. The van der Waals surface area contributed by atoms with E-state index in [0.29, 0.717) is 35.4 Å². The molecule has 1 aromatic rings. The maximum Gasteiger partial charge on any atom is 0.309 e. The first kappa shape index (κ1) is 12.4. The Kier molecular flexibility index (Phi) is 3.13. The lowest BCUT2D eigenvalue weighted by molar-refractivity contribution is -0.154. The number of rotatable bonds is 3. The molecule has 1 aliphatic carbocycles. The molecule has 17 heavy (non-hydrogen) atoms. The molecule has 0 heterocycles. The molecule has 1 fully saturated rings. The molecule has 0 atom stereocenters. The van der Waals surface area contributed by atoms with Crippen LogP contribution in [0.3, 0.4) is 0 Å². The molecule has 0 radical (unpaired) electrons. The molecular weight excluding hydrogens is 243 g/mol. The summed E-state index contributed by atoms with van der Waals surface area (Å²) in [5, 5.41) is 9.68. The van der Waals surface area contributed by atoms with Gasteiger partial charge < -0.3 is 5.11 Å². The highest BCUT2D eigenvalue weighted by molar-refractivity contribution is 6.31. The van der Waals surface area contributed by atoms with Gasteiger partial charge in [0.25, 0.3) is 0 Å². The van der Waals surface area contributed by atoms with Crippen LogP contribution in [0.4, 0.5) is 4.39 Å². The first-order valence-corrected chi connectivity index (χ1v) is 6.00. The average Bonchev–Trinajstić information content (AvgIpc) is 2.18. The molecule has 92 valence electrons. The fraction of sp³-hybridized carbons (Fsp3) is 0.462. The van der Waals surface area contributed by atoms with E-state index >= 15 is 0 Å². The quantitative estimate of drug-likeness (QED) is 0.897. The fourth-order valence-corrected chi connectivity index (χ4v) is 2.54. The summed E-state index contributed by atoms with van der Waals surface area (Å²) in [4.78, 5) is 11.2. The Labute approximate surface area is 104 Å². The van der Waals surface area contributed by atoms with E-state index in [4.69, 9.17) is 11.6 Å². The maximum atomic E-state index is 13.5. The summed E-state index contributed by atoms with van der Waals surface area (Å²) in [6.45, 7) is 1.64. The largest absolute Gasteiger partial charge is 0.481 e. The molecule has 0 saturated heterocycles. The van der Waals surface area contributed by atoms with Crippen LogP contribution in [0.15, 0.2) is 12.1 Å². The van der Waals surface area contributed by atoms with E-state index in [-0.39, 0.29) is 5.82 Å². The molecule has 0 spiro atoms. The second-order valence-corrected chi connectivity index (χ2v) is 5.22. The standard InChI is InChI=1S/C13H14ClFO2/c1-8-5-10(14)9(6-11(8)15)7-13(12(16)17)3-2-4-13/h5-6H,2-4,7H2,1H3,(H,16,17). The number of carboxylic acids is 1. The third-order valence-corrected chi connectivity index (χ3v) is 3.97. The first-order chi connectivity index (χ1) is 7.94. The summed E-state index contributed by atoms with van der Waals surface area (Å²) in [6, 6.07) is 2.92. The number of aliphatic carboxylic acids is 1. The van der Waals surface area contributed by atoms with E-state index in [1.54, 1.807) is 13.0 Å². The first-order valence-electron chi connectivity index (χ1n) is 5.62. The van der Waals surface area contributed by atoms with Gasteiger partial charge in [0, 0.05) is 5.02 Å². The van der Waals surface area contributed by atoms with Crippen molar-refractivity contribution >= 4 is 17.6 Å². The van der Waals surface area contributed by atoms with E-state index in [9.17, 15) is 14.3 Å². The van der Waals surface area contributed by atoms with E-state index in [2.05, 4.69) is 0 Å². The van der Waals surface area contributed by atoms with Crippen molar-refractivity contribution in [1.29, 1.82) is 0 Å². The van der Waals surface area contributed by atoms with Gasteiger partial charge in [-0.1, -0.05) is 18.0 Å². The normalized spacial score (nSPS) is 17.6. The van der Waals surface area contributed by atoms with Gasteiger partial charge in [-0.25, -0.2) is 4.39 Å². The van der Waals surface area contributed by atoms with Crippen LogP contribution in [0.1, 0.15) is 30.4 Å². The third kappa shape index (κ3) is 2.16. The number of carboxylic acid groups (broad SMARTS) is 1. The van der Waals surface area contributed by atoms with Gasteiger partial charge >= 0.3 is 5.97 Å².